The molecule has 0 spiro atoms. The molecule has 22 heavy (non-hydrogen) atoms. The van der Waals surface area contributed by atoms with E-state index in [1.54, 1.807) is 36.3 Å². The van der Waals surface area contributed by atoms with Crippen LogP contribution in [-0.2, 0) is 4.79 Å². The predicted octanol–water partition coefficient (Wildman–Crippen LogP) is 2.10. The maximum absolute atomic E-state index is 12.0. The molecule has 5 heteroatoms. The van der Waals surface area contributed by atoms with Crippen LogP contribution in [0.15, 0.2) is 71.9 Å². The summed E-state index contributed by atoms with van der Waals surface area (Å²) in [6.45, 7) is 3.72. The molecule has 0 heterocycles. The van der Waals surface area contributed by atoms with Gasteiger partial charge in [0.25, 0.3) is 5.91 Å². The molecular weight excluding hydrogens is 273 g/mol. The molecule has 2 aromatic carbocycles. The van der Waals surface area contributed by atoms with Crippen LogP contribution >= 0.6 is 0 Å². The second-order valence-electron chi connectivity index (χ2n) is 4.71. The summed E-state index contributed by atoms with van der Waals surface area (Å²) < 4.78 is 0. The highest BCUT2D eigenvalue weighted by Crippen LogP contribution is 2.11. The molecule has 0 bridgehead atoms. The summed E-state index contributed by atoms with van der Waals surface area (Å²) in [6.07, 6.45) is 1.43. The molecule has 0 aliphatic heterocycles. The van der Waals surface area contributed by atoms with Crippen LogP contribution in [-0.4, -0.2) is 27.0 Å². The normalized spacial score (nSPS) is 10.4. The van der Waals surface area contributed by atoms with Crippen LogP contribution < -0.4 is 15.8 Å². The molecule has 0 saturated heterocycles. The quantitative estimate of drug-likeness (QED) is 0.396. The molecule has 0 unspecified atom stereocenters. The topological polar surface area (TPSA) is 44.7 Å². The number of hydrazone groups is 1. The molecule has 108 valence electrons. The van der Waals surface area contributed by atoms with Crippen LogP contribution in [0.2, 0.25) is 0 Å². The smallest absolute Gasteiger partial charge is 0.256 e. The number of rotatable bonds is 5. The Morgan fingerprint density at radius 2 is 1.95 bits per heavy atom. The Morgan fingerprint density at radius 1 is 1.23 bits per heavy atom. The molecule has 0 saturated carbocycles. The molecule has 0 atom stereocenters. The average molecular weight is 289 g/mol. The van der Waals surface area contributed by atoms with Gasteiger partial charge in [-0.05, 0) is 24.3 Å². The van der Waals surface area contributed by atoms with Gasteiger partial charge in [0.1, 0.15) is 7.85 Å². The maximum atomic E-state index is 12.0. The number of nitrogens with one attached hydrogen (secondary N) is 1. The van der Waals surface area contributed by atoms with Crippen molar-refractivity contribution in [2.45, 2.75) is 0 Å². The Morgan fingerprint density at radius 3 is 2.64 bits per heavy atom. The third-order valence-electron chi connectivity index (χ3n) is 2.95. The van der Waals surface area contributed by atoms with E-state index in [4.69, 9.17) is 7.85 Å². The number of nitrogens with zero attached hydrogens (tertiary/aromatic N) is 2. The van der Waals surface area contributed by atoms with Gasteiger partial charge in [-0.1, -0.05) is 42.4 Å². The van der Waals surface area contributed by atoms with E-state index >= 15 is 0 Å². The van der Waals surface area contributed by atoms with Gasteiger partial charge >= 0.3 is 0 Å². The minimum atomic E-state index is -0.323. The predicted molar refractivity (Wildman–Crippen MR) is 92.9 cm³/mol. The van der Waals surface area contributed by atoms with E-state index in [0.717, 1.165) is 5.69 Å². The highest BCUT2D eigenvalue weighted by Gasteiger charge is 2.06. The fourth-order valence-corrected chi connectivity index (χ4v) is 1.75. The largest absolute Gasteiger partial charge is 0.322 e. The number of benzene rings is 2. The van der Waals surface area contributed by atoms with E-state index in [1.165, 1.54) is 6.21 Å². The molecule has 1 amide bonds. The van der Waals surface area contributed by atoms with E-state index in [1.807, 2.05) is 30.3 Å². The van der Waals surface area contributed by atoms with Gasteiger partial charge in [-0.25, -0.2) is 0 Å². The molecule has 4 nitrogen and oxygen atoms in total. The zero-order valence-corrected chi connectivity index (χ0v) is 12.4. The van der Waals surface area contributed by atoms with E-state index in [2.05, 4.69) is 17.0 Å². The van der Waals surface area contributed by atoms with Crippen LogP contribution in [0.5, 0.6) is 0 Å². The summed E-state index contributed by atoms with van der Waals surface area (Å²) in [4.78, 5) is 12.0. The minimum absolute atomic E-state index is 0.255. The van der Waals surface area contributed by atoms with Crippen LogP contribution in [0, 0.1) is 0 Å². The van der Waals surface area contributed by atoms with Crippen molar-refractivity contribution < 1.29 is 4.79 Å². The van der Waals surface area contributed by atoms with Gasteiger partial charge in [-0.15, -0.1) is 0 Å². The zero-order chi connectivity index (χ0) is 15.9. The summed E-state index contributed by atoms with van der Waals surface area (Å²) in [5.41, 5.74) is 2.38. The summed E-state index contributed by atoms with van der Waals surface area (Å²) >= 11 is 0. The number of carbonyl (C=O) groups is 1. The van der Waals surface area contributed by atoms with Gasteiger partial charge < -0.3 is 5.32 Å². The fraction of sp³-hybridized carbons (Fsp3) is 0.0588. The molecule has 0 fully saturated rings. The van der Waals surface area contributed by atoms with Crippen LogP contribution in [0.4, 0.5) is 11.4 Å². The Bertz CT molecular complexity index is 698. The number of amides is 1. The minimum Gasteiger partial charge on any atom is -0.322 e. The molecule has 2 radical (unpaired) electrons. The highest BCUT2D eigenvalue weighted by molar-refractivity contribution is 6.32. The van der Waals surface area contributed by atoms with Crippen molar-refractivity contribution in [2.24, 2.45) is 5.10 Å². The molecule has 0 aliphatic rings. The monoisotopic (exact) mass is 289 g/mol. The first kappa shape index (κ1) is 15.6. The molecule has 0 aromatic heterocycles. The molecule has 2 aromatic rings. The summed E-state index contributed by atoms with van der Waals surface area (Å²) in [6, 6.07) is 16.6. The Hall–Kier alpha value is -2.82. The van der Waals surface area contributed by atoms with Crippen molar-refractivity contribution in [1.82, 2.24) is 0 Å². The third-order valence-corrected chi connectivity index (χ3v) is 2.95. The SMILES string of the molecule is [B]c1cccc(NC(=O)C(=C)/C=N\N(C)c2ccccc2)c1. The van der Waals surface area contributed by atoms with Gasteiger partial charge in [0, 0.05) is 12.7 Å². The highest BCUT2D eigenvalue weighted by atomic mass is 16.1. The van der Waals surface area contributed by atoms with Crippen molar-refractivity contribution in [3.8, 4) is 0 Å². The van der Waals surface area contributed by atoms with Crippen molar-refractivity contribution >= 4 is 36.8 Å². The first-order valence-electron chi connectivity index (χ1n) is 6.75. The third kappa shape index (κ3) is 4.35. The van der Waals surface area contributed by atoms with Crippen molar-refractivity contribution in [2.75, 3.05) is 17.4 Å². The van der Waals surface area contributed by atoms with Gasteiger partial charge in [-0.2, -0.15) is 5.10 Å². The Labute approximate surface area is 131 Å². The number of carbonyl (C=O) groups excluding carboxylic acids is 1. The van der Waals surface area contributed by atoms with Crippen molar-refractivity contribution in [1.29, 1.82) is 0 Å². The molecule has 2 rings (SSSR count). The second-order valence-corrected chi connectivity index (χ2v) is 4.71. The Balaban J connectivity index is 1.96. The van der Waals surface area contributed by atoms with E-state index in [0.29, 0.717) is 11.2 Å². The lowest BCUT2D eigenvalue weighted by Gasteiger charge is -2.12. The number of hydrogen-bond donors (Lipinski definition) is 1. The average Bonchev–Trinajstić information content (AvgIpc) is 2.53. The lowest BCUT2D eigenvalue weighted by Crippen LogP contribution is -2.17. The van der Waals surface area contributed by atoms with E-state index in [9.17, 15) is 4.79 Å². The lowest BCUT2D eigenvalue weighted by atomic mass is 9.96. The van der Waals surface area contributed by atoms with E-state index in [-0.39, 0.29) is 11.5 Å². The van der Waals surface area contributed by atoms with Gasteiger partial charge in [0.15, 0.2) is 0 Å². The number of hydrogen-bond acceptors (Lipinski definition) is 3. The van der Waals surface area contributed by atoms with Crippen molar-refractivity contribution in [3.05, 3.63) is 66.7 Å². The van der Waals surface area contributed by atoms with Gasteiger partial charge in [-0.3, -0.25) is 9.80 Å². The summed E-state index contributed by atoms with van der Waals surface area (Å²) in [5.74, 6) is -0.323. The first-order chi connectivity index (χ1) is 10.6. The van der Waals surface area contributed by atoms with Crippen LogP contribution in [0.25, 0.3) is 0 Å². The first-order valence-corrected chi connectivity index (χ1v) is 6.75. The standard InChI is InChI=1S/C17H16BN3O/c1-13(12-19-21(2)16-9-4-3-5-10-16)17(22)20-15-8-6-7-14(18)11-15/h3-12H,1H2,2H3,(H,20,22)/b19-12-. The van der Waals surface area contributed by atoms with Crippen LogP contribution in [0.3, 0.4) is 0 Å². The fourth-order valence-electron chi connectivity index (χ4n) is 1.75. The summed E-state index contributed by atoms with van der Waals surface area (Å²) in [5, 5.41) is 8.58. The Kier molecular flexibility index (Phi) is 5.14. The van der Waals surface area contributed by atoms with E-state index < -0.39 is 0 Å². The molecule has 1 N–H and O–H groups in total. The second kappa shape index (κ2) is 7.27. The van der Waals surface area contributed by atoms with Crippen molar-refractivity contribution in [3.63, 3.8) is 0 Å². The van der Waals surface area contributed by atoms with Crippen LogP contribution in [0.1, 0.15) is 0 Å². The van der Waals surface area contributed by atoms with Gasteiger partial charge in [0.2, 0.25) is 0 Å². The van der Waals surface area contributed by atoms with Gasteiger partial charge in [0.05, 0.1) is 17.5 Å². The lowest BCUT2D eigenvalue weighted by molar-refractivity contribution is -0.112. The zero-order valence-electron chi connectivity index (χ0n) is 12.4. The summed E-state index contributed by atoms with van der Waals surface area (Å²) in [7, 11) is 7.47. The number of anilines is 2. The maximum Gasteiger partial charge on any atom is 0.256 e. The number of para-hydroxylation sites is 1. The molecule has 0 aliphatic carbocycles. The molecular formula is C17H16BN3O.